The average Bonchev–Trinajstić information content (AvgIpc) is 2.49. The van der Waals surface area contributed by atoms with Gasteiger partial charge in [-0.25, -0.2) is 0 Å². The number of thiocarbonyl (C=S) groups is 1. The fourth-order valence-electron chi connectivity index (χ4n) is 1.86. The maximum absolute atomic E-state index is 11.2. The van der Waals surface area contributed by atoms with Crippen LogP contribution in [0.3, 0.4) is 0 Å². The molecule has 0 atom stereocenters. The highest BCUT2D eigenvalue weighted by molar-refractivity contribution is 7.80. The van der Waals surface area contributed by atoms with Crippen molar-refractivity contribution in [1.82, 2.24) is 0 Å². The highest BCUT2D eigenvalue weighted by atomic mass is 35.5. The van der Waals surface area contributed by atoms with Crippen molar-refractivity contribution >= 4 is 46.2 Å². The molecule has 0 N–H and O–H groups in total. The van der Waals surface area contributed by atoms with Crippen molar-refractivity contribution in [3.05, 3.63) is 62.1 Å². The van der Waals surface area contributed by atoms with Gasteiger partial charge in [-0.3, -0.25) is 10.1 Å². The molecule has 5 nitrogen and oxygen atoms in total. The second-order valence-corrected chi connectivity index (χ2v) is 6.28. The van der Waals surface area contributed by atoms with Crippen LogP contribution in [0.1, 0.15) is 19.4 Å². The predicted octanol–water partition coefficient (Wildman–Crippen LogP) is 5.79. The first-order valence-corrected chi connectivity index (χ1v) is 8.06. The molecule has 0 saturated carbocycles. The molecular formula is C16H13Cl2NO4S. The van der Waals surface area contributed by atoms with Gasteiger partial charge in [-0.1, -0.05) is 23.2 Å². The molecule has 0 aliphatic carbocycles. The number of ether oxygens (including phenoxy) is 2. The molecule has 0 spiro atoms. The average molecular weight is 386 g/mol. The van der Waals surface area contributed by atoms with Crippen LogP contribution in [-0.4, -0.2) is 16.1 Å². The molecule has 0 aliphatic heterocycles. The van der Waals surface area contributed by atoms with Gasteiger partial charge >= 0.3 is 0 Å². The molecule has 0 unspecified atom stereocenters. The summed E-state index contributed by atoms with van der Waals surface area (Å²) < 4.78 is 11.1. The molecule has 0 heterocycles. The van der Waals surface area contributed by atoms with Crippen molar-refractivity contribution in [2.24, 2.45) is 0 Å². The maximum Gasteiger partial charge on any atom is 0.281 e. The minimum absolute atomic E-state index is 0.0318. The molecule has 0 saturated heterocycles. The Balaban J connectivity index is 2.38. The number of halogens is 2. The van der Waals surface area contributed by atoms with E-state index in [4.69, 9.17) is 44.9 Å². The number of rotatable bonds is 5. The zero-order valence-corrected chi connectivity index (χ0v) is 15.1. The summed E-state index contributed by atoms with van der Waals surface area (Å²) in [5, 5.41) is 12.0. The van der Waals surface area contributed by atoms with Gasteiger partial charge in [0.25, 0.3) is 5.69 Å². The summed E-state index contributed by atoms with van der Waals surface area (Å²) in [4.78, 5) is 10.7. The summed E-state index contributed by atoms with van der Waals surface area (Å²) in [6.45, 7) is 3.57. The SMILES string of the molecule is CC(C)OC(=S)c1cc(Oc2ccc(Cl)cc2Cl)ccc1[N+](=O)[O-]. The van der Waals surface area contributed by atoms with Crippen LogP contribution in [-0.2, 0) is 4.74 Å². The maximum atomic E-state index is 11.2. The third kappa shape index (κ3) is 4.56. The van der Waals surface area contributed by atoms with E-state index < -0.39 is 4.92 Å². The summed E-state index contributed by atoms with van der Waals surface area (Å²) in [6, 6.07) is 9.00. The lowest BCUT2D eigenvalue weighted by atomic mass is 10.1. The molecule has 126 valence electrons. The first-order valence-electron chi connectivity index (χ1n) is 6.90. The Morgan fingerprint density at radius 1 is 1.21 bits per heavy atom. The van der Waals surface area contributed by atoms with Crippen molar-refractivity contribution in [2.75, 3.05) is 0 Å². The van der Waals surface area contributed by atoms with Gasteiger partial charge in [-0.15, -0.1) is 0 Å². The molecule has 2 aromatic carbocycles. The smallest absolute Gasteiger partial charge is 0.281 e. The van der Waals surface area contributed by atoms with Crippen LogP contribution in [0.5, 0.6) is 11.5 Å². The van der Waals surface area contributed by atoms with Gasteiger partial charge in [0.05, 0.1) is 16.0 Å². The molecule has 24 heavy (non-hydrogen) atoms. The molecule has 8 heteroatoms. The van der Waals surface area contributed by atoms with E-state index in [1.807, 2.05) is 0 Å². The first-order chi connectivity index (χ1) is 11.3. The third-order valence-corrected chi connectivity index (χ3v) is 3.70. The third-order valence-electron chi connectivity index (χ3n) is 2.85. The number of hydrogen-bond donors (Lipinski definition) is 0. The van der Waals surface area contributed by atoms with Crippen molar-refractivity contribution < 1.29 is 14.4 Å². The summed E-state index contributed by atoms with van der Waals surface area (Å²) in [5.41, 5.74) is 0.0153. The van der Waals surface area contributed by atoms with E-state index in [-0.39, 0.29) is 22.4 Å². The molecule has 2 rings (SSSR count). The highest BCUT2D eigenvalue weighted by Crippen LogP contribution is 2.33. The summed E-state index contributed by atoms with van der Waals surface area (Å²) in [6.07, 6.45) is -0.201. The van der Waals surface area contributed by atoms with Gasteiger partial charge in [0.2, 0.25) is 0 Å². The Labute approximate surface area is 154 Å². The van der Waals surface area contributed by atoms with Crippen molar-refractivity contribution in [1.29, 1.82) is 0 Å². The zero-order valence-electron chi connectivity index (χ0n) is 12.8. The minimum Gasteiger partial charge on any atom is -0.480 e. The minimum atomic E-state index is -0.523. The topological polar surface area (TPSA) is 61.6 Å². The normalized spacial score (nSPS) is 10.5. The van der Waals surface area contributed by atoms with E-state index in [1.54, 1.807) is 26.0 Å². The highest BCUT2D eigenvalue weighted by Gasteiger charge is 2.20. The van der Waals surface area contributed by atoms with Gasteiger partial charge in [-0.05, 0) is 56.4 Å². The largest absolute Gasteiger partial charge is 0.480 e. The summed E-state index contributed by atoms with van der Waals surface area (Å²) >= 11 is 17.1. The van der Waals surface area contributed by atoms with E-state index >= 15 is 0 Å². The molecule has 2 aromatic rings. The second-order valence-electron chi connectivity index (χ2n) is 5.07. The Kier molecular flexibility index (Phi) is 5.99. The van der Waals surface area contributed by atoms with Crippen LogP contribution in [0.2, 0.25) is 10.0 Å². The van der Waals surface area contributed by atoms with E-state index in [9.17, 15) is 10.1 Å². The van der Waals surface area contributed by atoms with Crippen LogP contribution in [0, 0.1) is 10.1 Å². The Morgan fingerprint density at radius 2 is 1.92 bits per heavy atom. The first kappa shape index (κ1) is 18.4. The monoisotopic (exact) mass is 385 g/mol. The summed E-state index contributed by atoms with van der Waals surface area (Å²) in [7, 11) is 0. The standard InChI is InChI=1S/C16H13Cl2NO4S/c1-9(2)22-16(24)12-8-11(4-5-14(12)19(20)21)23-15-6-3-10(17)7-13(15)18/h3-9H,1-2H3. The van der Waals surface area contributed by atoms with Crippen LogP contribution >= 0.6 is 35.4 Å². The molecule has 0 bridgehead atoms. The number of nitro benzene ring substituents is 1. The lowest BCUT2D eigenvalue weighted by Gasteiger charge is -2.13. The predicted molar refractivity (Wildman–Crippen MR) is 97.6 cm³/mol. The van der Waals surface area contributed by atoms with Crippen LogP contribution in [0.25, 0.3) is 0 Å². The van der Waals surface area contributed by atoms with Crippen LogP contribution in [0.15, 0.2) is 36.4 Å². The Hall–Kier alpha value is -1.89. The van der Waals surface area contributed by atoms with Crippen LogP contribution < -0.4 is 4.74 Å². The van der Waals surface area contributed by atoms with Gasteiger partial charge in [0, 0.05) is 11.1 Å². The van der Waals surface area contributed by atoms with E-state index in [2.05, 4.69) is 0 Å². The summed E-state index contributed by atoms with van der Waals surface area (Å²) in [5.74, 6) is 0.714. The Bertz CT molecular complexity index is 796. The number of hydrogen-bond acceptors (Lipinski definition) is 5. The molecule has 0 amide bonds. The van der Waals surface area contributed by atoms with E-state index in [0.29, 0.717) is 21.5 Å². The van der Waals surface area contributed by atoms with Crippen molar-refractivity contribution in [2.45, 2.75) is 20.0 Å². The van der Waals surface area contributed by atoms with E-state index in [0.717, 1.165) is 0 Å². The van der Waals surface area contributed by atoms with E-state index in [1.165, 1.54) is 24.3 Å². The van der Waals surface area contributed by atoms with Crippen molar-refractivity contribution in [3.63, 3.8) is 0 Å². The Morgan fingerprint density at radius 3 is 2.50 bits per heavy atom. The lowest BCUT2D eigenvalue weighted by Crippen LogP contribution is -2.12. The molecule has 0 aromatic heterocycles. The fraction of sp³-hybridized carbons (Fsp3) is 0.188. The zero-order chi connectivity index (χ0) is 17.9. The second kappa shape index (κ2) is 7.79. The molecule has 0 aliphatic rings. The van der Waals surface area contributed by atoms with Gasteiger partial charge in [0.1, 0.15) is 17.1 Å². The van der Waals surface area contributed by atoms with Crippen molar-refractivity contribution in [3.8, 4) is 11.5 Å². The number of nitro groups is 1. The van der Waals surface area contributed by atoms with Gasteiger partial charge in [-0.2, -0.15) is 0 Å². The quantitative estimate of drug-likeness (QED) is 0.370. The molecular weight excluding hydrogens is 373 g/mol. The number of benzene rings is 2. The van der Waals surface area contributed by atoms with Gasteiger partial charge < -0.3 is 9.47 Å². The van der Waals surface area contributed by atoms with Gasteiger partial charge in [0.15, 0.2) is 5.05 Å². The lowest BCUT2D eigenvalue weighted by molar-refractivity contribution is -0.385. The molecule has 0 fully saturated rings. The molecule has 0 radical (unpaired) electrons. The van der Waals surface area contributed by atoms with Crippen LogP contribution in [0.4, 0.5) is 5.69 Å². The number of nitrogens with zero attached hydrogens (tertiary/aromatic N) is 1. The fourth-order valence-corrected chi connectivity index (χ4v) is 2.67.